The normalized spacial score (nSPS) is 11.6. The minimum Gasteiger partial charge on any atom is -0.444 e. The van der Waals surface area contributed by atoms with Gasteiger partial charge in [-0.15, -0.1) is 0 Å². The van der Waals surface area contributed by atoms with Crippen LogP contribution in [0.3, 0.4) is 0 Å². The van der Waals surface area contributed by atoms with Crippen molar-refractivity contribution >= 4 is 29.3 Å². The molecule has 16 heteroatoms. The second kappa shape index (κ2) is 25.5. The number of aryl methyl sites for hydroxylation is 1. The van der Waals surface area contributed by atoms with Crippen LogP contribution >= 0.6 is 0 Å². The van der Waals surface area contributed by atoms with Gasteiger partial charge in [0, 0.05) is 61.4 Å². The lowest BCUT2D eigenvalue weighted by atomic mass is 10.0. The molecule has 3 N–H and O–H groups in total. The highest BCUT2D eigenvalue weighted by molar-refractivity contribution is 6.06. The summed E-state index contributed by atoms with van der Waals surface area (Å²) in [7, 11) is 0. The highest BCUT2D eigenvalue weighted by atomic mass is 19.4. The predicted octanol–water partition coefficient (Wildman–Crippen LogP) is 8.32. The Labute approximate surface area is 368 Å². The summed E-state index contributed by atoms with van der Waals surface area (Å²) in [5.41, 5.74) is 3.11. The van der Waals surface area contributed by atoms with Crippen molar-refractivity contribution in [3.63, 3.8) is 0 Å². The van der Waals surface area contributed by atoms with Gasteiger partial charge in [-0.25, -0.2) is 4.79 Å². The molecule has 4 aromatic rings. The molecule has 0 radical (unpaired) electrons. The van der Waals surface area contributed by atoms with Gasteiger partial charge in [0.05, 0.1) is 63.2 Å². The summed E-state index contributed by atoms with van der Waals surface area (Å²) in [6.07, 6.45) is -2.04. The molecule has 13 nitrogen and oxygen atoms in total. The molecule has 3 aromatic carbocycles. The van der Waals surface area contributed by atoms with E-state index < -0.39 is 29.3 Å². The van der Waals surface area contributed by atoms with E-state index in [1.807, 2.05) is 50.2 Å². The molecule has 0 aliphatic heterocycles. The van der Waals surface area contributed by atoms with Gasteiger partial charge < -0.3 is 44.5 Å². The standard InChI is InChI=1S/C47H60F3N5O8/c1-6-55(7-2)39-16-17-41(40(32-39)42-31-37(18-19-51-42)43(56)53-33-35-12-9-15-38(30-35)47(48,49)50)54-44(57)36-14-8-11-34(29-36)13-10-21-59-23-25-61-27-28-62-26-24-60-22-20-52-45(58)63-46(3,4)5/h8-9,11-12,14-19,29-32H,6-7,10,13,20-28,33H2,1-5H3,(H,52,58)(H,53,56)(H,54,57). The van der Waals surface area contributed by atoms with Crippen LogP contribution in [0.2, 0.25) is 0 Å². The molecule has 0 bridgehead atoms. The summed E-state index contributed by atoms with van der Waals surface area (Å²) < 4.78 is 67.1. The van der Waals surface area contributed by atoms with Gasteiger partial charge in [-0.05, 0) is 113 Å². The Balaban J connectivity index is 1.22. The molecule has 0 atom stereocenters. The molecule has 0 unspecified atom stereocenters. The molecule has 0 fully saturated rings. The zero-order valence-electron chi connectivity index (χ0n) is 36.8. The number of carbonyl (C=O) groups is 3. The molecule has 342 valence electrons. The Morgan fingerprint density at radius 3 is 1.98 bits per heavy atom. The lowest BCUT2D eigenvalue weighted by Crippen LogP contribution is -2.34. The van der Waals surface area contributed by atoms with Crippen molar-refractivity contribution in [1.29, 1.82) is 0 Å². The number of carbonyl (C=O) groups excluding carboxylic acids is 3. The highest BCUT2D eigenvalue weighted by Gasteiger charge is 2.30. The van der Waals surface area contributed by atoms with Gasteiger partial charge in [0.15, 0.2) is 0 Å². The maximum Gasteiger partial charge on any atom is 0.416 e. The number of halogens is 3. The first-order valence-corrected chi connectivity index (χ1v) is 21.1. The lowest BCUT2D eigenvalue weighted by Gasteiger charge is -2.23. The van der Waals surface area contributed by atoms with Crippen LogP contribution < -0.4 is 20.9 Å². The minimum absolute atomic E-state index is 0.100. The summed E-state index contributed by atoms with van der Waals surface area (Å²) in [4.78, 5) is 45.2. The van der Waals surface area contributed by atoms with Crippen molar-refractivity contribution in [3.8, 4) is 11.3 Å². The zero-order chi connectivity index (χ0) is 45.7. The van der Waals surface area contributed by atoms with Gasteiger partial charge in [-0.3, -0.25) is 14.6 Å². The Kier molecular flexibility index (Phi) is 20.3. The third kappa shape index (κ3) is 18.0. The van der Waals surface area contributed by atoms with Gasteiger partial charge in [-0.1, -0.05) is 24.3 Å². The van der Waals surface area contributed by atoms with Crippen molar-refractivity contribution in [3.05, 3.63) is 113 Å². The summed E-state index contributed by atoms with van der Waals surface area (Å²) in [5.74, 6) is -0.803. The molecular formula is C47H60F3N5O8. The number of amides is 3. The maximum atomic E-state index is 13.7. The van der Waals surface area contributed by atoms with Crippen LogP contribution in [0.15, 0.2) is 85.1 Å². The number of alkyl halides is 3. The molecule has 63 heavy (non-hydrogen) atoms. The van der Waals surface area contributed by atoms with E-state index in [4.69, 9.17) is 23.7 Å². The number of rotatable bonds is 25. The first kappa shape index (κ1) is 50.1. The van der Waals surface area contributed by atoms with Gasteiger partial charge in [0.1, 0.15) is 5.60 Å². The fraction of sp³-hybridized carbons (Fsp3) is 0.447. The number of ether oxygens (including phenoxy) is 5. The van der Waals surface area contributed by atoms with Crippen molar-refractivity contribution in [2.45, 2.75) is 65.8 Å². The van der Waals surface area contributed by atoms with E-state index in [1.54, 1.807) is 32.9 Å². The third-order valence-corrected chi connectivity index (χ3v) is 9.36. The Hall–Kier alpha value is -5.55. The fourth-order valence-electron chi connectivity index (χ4n) is 6.24. The van der Waals surface area contributed by atoms with Crippen molar-refractivity contribution < 1.29 is 51.2 Å². The number of benzene rings is 3. The van der Waals surface area contributed by atoms with Crippen molar-refractivity contribution in [2.75, 3.05) is 82.7 Å². The molecule has 0 saturated carbocycles. The van der Waals surface area contributed by atoms with Crippen LogP contribution in [0.4, 0.5) is 29.3 Å². The molecule has 0 aliphatic carbocycles. The summed E-state index contributed by atoms with van der Waals surface area (Å²) in [5, 5.41) is 8.37. The molecule has 0 aliphatic rings. The Bertz CT molecular complexity index is 2060. The molecule has 4 rings (SSSR count). The summed E-state index contributed by atoms with van der Waals surface area (Å²) in [6.45, 7) is 14.6. The molecule has 0 saturated heterocycles. The van der Waals surface area contributed by atoms with Crippen LogP contribution in [0, 0.1) is 0 Å². The number of pyridine rings is 1. The van der Waals surface area contributed by atoms with Crippen LogP contribution in [0.5, 0.6) is 0 Å². The molecule has 1 heterocycles. The van der Waals surface area contributed by atoms with Crippen molar-refractivity contribution in [2.24, 2.45) is 0 Å². The topological polar surface area (TPSA) is 150 Å². The van der Waals surface area contributed by atoms with Gasteiger partial charge >= 0.3 is 12.3 Å². The van der Waals surface area contributed by atoms with Crippen molar-refractivity contribution in [1.82, 2.24) is 15.6 Å². The van der Waals surface area contributed by atoms with Crippen LogP contribution in [0.1, 0.15) is 78.4 Å². The van der Waals surface area contributed by atoms with E-state index in [0.29, 0.717) is 93.9 Å². The van der Waals surface area contributed by atoms with Crippen LogP contribution in [0.25, 0.3) is 11.3 Å². The van der Waals surface area contributed by atoms with Gasteiger partial charge in [0.25, 0.3) is 11.8 Å². The Morgan fingerprint density at radius 2 is 1.32 bits per heavy atom. The highest BCUT2D eigenvalue weighted by Crippen LogP contribution is 2.33. The average molecular weight is 880 g/mol. The van der Waals surface area contributed by atoms with E-state index in [0.717, 1.165) is 42.9 Å². The van der Waals surface area contributed by atoms with E-state index in [1.165, 1.54) is 24.4 Å². The molecular weight excluding hydrogens is 820 g/mol. The molecule has 3 amide bonds. The SMILES string of the molecule is CCN(CC)c1ccc(NC(=O)c2cccc(CCCOCCOCCOCCOCCNC(=O)OC(C)(C)C)c2)c(-c2cc(C(=O)NCc3cccc(C(F)(F)F)c3)ccn2)c1. The van der Waals surface area contributed by atoms with Gasteiger partial charge in [0.2, 0.25) is 0 Å². The maximum absolute atomic E-state index is 13.7. The number of nitrogens with one attached hydrogen (secondary N) is 3. The second-order valence-electron chi connectivity index (χ2n) is 15.3. The number of nitrogens with zero attached hydrogens (tertiary/aromatic N) is 2. The summed E-state index contributed by atoms with van der Waals surface area (Å²) >= 11 is 0. The minimum atomic E-state index is -4.49. The van der Waals surface area contributed by atoms with E-state index in [2.05, 4.69) is 25.8 Å². The average Bonchev–Trinajstić information content (AvgIpc) is 3.25. The van der Waals surface area contributed by atoms with Crippen LogP contribution in [-0.4, -0.2) is 101 Å². The first-order valence-electron chi connectivity index (χ1n) is 21.1. The largest absolute Gasteiger partial charge is 0.444 e. The monoisotopic (exact) mass is 879 g/mol. The van der Waals surface area contributed by atoms with E-state index >= 15 is 0 Å². The number of anilines is 2. The lowest BCUT2D eigenvalue weighted by molar-refractivity contribution is -0.137. The Morgan fingerprint density at radius 1 is 0.683 bits per heavy atom. The molecule has 1 aromatic heterocycles. The fourth-order valence-corrected chi connectivity index (χ4v) is 6.24. The van der Waals surface area contributed by atoms with E-state index in [9.17, 15) is 27.6 Å². The smallest absolute Gasteiger partial charge is 0.416 e. The van der Waals surface area contributed by atoms with Gasteiger partial charge in [-0.2, -0.15) is 13.2 Å². The number of aromatic nitrogens is 1. The predicted molar refractivity (Wildman–Crippen MR) is 236 cm³/mol. The number of hydrogen-bond acceptors (Lipinski definition) is 10. The number of alkyl carbamates (subject to hydrolysis) is 1. The summed E-state index contributed by atoms with van der Waals surface area (Å²) in [6, 6.07) is 21.0. The van der Waals surface area contributed by atoms with Crippen LogP contribution in [-0.2, 0) is 42.8 Å². The second-order valence-corrected chi connectivity index (χ2v) is 15.3. The quantitative estimate of drug-likeness (QED) is 0.0555. The molecule has 0 spiro atoms. The first-order chi connectivity index (χ1) is 30.2. The third-order valence-electron chi connectivity index (χ3n) is 9.36. The number of hydrogen-bond donors (Lipinski definition) is 3. The zero-order valence-corrected chi connectivity index (χ0v) is 36.8. The van der Waals surface area contributed by atoms with E-state index in [-0.39, 0.29) is 18.0 Å².